The molecule has 11 nitrogen and oxygen atoms in total. The summed E-state index contributed by atoms with van der Waals surface area (Å²) < 4.78 is 12.3. The molecule has 238 valence electrons. The molecule has 8 atom stereocenters. The largest absolute Gasteiger partial charge is 0.511 e. The van der Waals surface area contributed by atoms with Gasteiger partial charge in [0, 0.05) is 17.5 Å². The van der Waals surface area contributed by atoms with Gasteiger partial charge in [0.2, 0.25) is 6.29 Å². The van der Waals surface area contributed by atoms with Crippen molar-refractivity contribution in [2.24, 2.45) is 17.3 Å². The van der Waals surface area contributed by atoms with Crippen molar-refractivity contribution in [2.75, 3.05) is 23.6 Å². The standard InChI is InChI=1S/C32H34N2O9S2/c1-16-9-20-25(37)19-3-2-4-21-24(19)26(38)31(20,22(36)10-16)14-44-45-15-34-23-12-17(6-8-33-23)11-18-5-7-30(13-35)29(40)32(18,41)27(39)28(42-21)43-30/h2-4,6,8-10,12,18,20,27-29,35-36,39-41H,5,7,11,13-15H2,1H3,(H,33,34)/t18-,20-,27+,28-,29-,30-,31+,32-/m1/s1. The molecule has 2 fully saturated rings. The zero-order valence-electron chi connectivity index (χ0n) is 24.4. The SMILES string of the molecule is CC1=C[C@@H]2C(=O)c3cccc4c3C(=O)[C@]2(CSSCNc2cc(ccn2)C[C@H]2CC[C@]3(CO)O[C@@H](O4)[C@H](O)[C@@]2(O)[C@@H]3O)C(O)=C1. The molecule has 7 bridgehead atoms. The van der Waals surface area contributed by atoms with Gasteiger partial charge in [-0.25, -0.2) is 4.98 Å². The van der Waals surface area contributed by atoms with E-state index in [0.717, 1.165) is 5.56 Å². The maximum Gasteiger partial charge on any atom is 0.229 e. The Morgan fingerprint density at radius 3 is 2.80 bits per heavy atom. The second kappa shape index (κ2) is 11.1. The predicted octanol–water partition coefficient (Wildman–Crippen LogP) is 2.80. The minimum atomic E-state index is -2.16. The lowest BCUT2D eigenvalue weighted by atomic mass is 9.60. The number of ketones is 2. The van der Waals surface area contributed by atoms with Gasteiger partial charge in [-0.2, -0.15) is 0 Å². The normalized spacial score (nSPS) is 37.7. The fourth-order valence-corrected chi connectivity index (χ4v) is 9.87. The summed E-state index contributed by atoms with van der Waals surface area (Å²) in [5.41, 5.74) is -3.91. The molecule has 13 heteroatoms. The zero-order valence-corrected chi connectivity index (χ0v) is 26.0. The van der Waals surface area contributed by atoms with Gasteiger partial charge in [0.1, 0.15) is 46.2 Å². The van der Waals surface area contributed by atoms with Crippen LogP contribution in [0.4, 0.5) is 5.82 Å². The minimum absolute atomic E-state index is 0.0654. The number of anilines is 1. The maximum absolute atomic E-state index is 14.6. The molecule has 0 amide bonds. The van der Waals surface area contributed by atoms with E-state index >= 15 is 0 Å². The van der Waals surface area contributed by atoms with E-state index in [2.05, 4.69) is 10.3 Å². The predicted molar refractivity (Wildman–Crippen MR) is 167 cm³/mol. The highest BCUT2D eigenvalue weighted by Gasteiger charge is 2.68. The summed E-state index contributed by atoms with van der Waals surface area (Å²) in [7, 11) is 2.76. The number of aliphatic hydroxyl groups is 5. The summed E-state index contributed by atoms with van der Waals surface area (Å²) in [4.78, 5) is 33.1. The van der Waals surface area contributed by atoms with Crippen LogP contribution in [0.3, 0.4) is 0 Å². The van der Waals surface area contributed by atoms with Gasteiger partial charge < -0.3 is 40.3 Å². The number of benzene rings is 1. The van der Waals surface area contributed by atoms with Crippen molar-refractivity contribution in [2.45, 2.75) is 55.9 Å². The Kier molecular flexibility index (Phi) is 7.59. The molecule has 1 aromatic heterocycles. The summed E-state index contributed by atoms with van der Waals surface area (Å²) >= 11 is 0. The molecule has 0 radical (unpaired) electrons. The van der Waals surface area contributed by atoms with Gasteiger partial charge in [-0.15, -0.1) is 0 Å². The first-order valence-electron chi connectivity index (χ1n) is 14.8. The van der Waals surface area contributed by atoms with Gasteiger partial charge in [-0.3, -0.25) is 9.59 Å². The number of carbonyl (C=O) groups excluding carboxylic acids is 2. The van der Waals surface area contributed by atoms with E-state index in [1.54, 1.807) is 31.3 Å². The Balaban J connectivity index is 1.38. The fourth-order valence-electron chi connectivity index (χ4n) is 7.62. The second-order valence-electron chi connectivity index (χ2n) is 12.5. The lowest BCUT2D eigenvalue weighted by Gasteiger charge is -2.59. The Morgan fingerprint density at radius 1 is 1.18 bits per heavy atom. The molecule has 2 aromatic rings. The molecule has 0 unspecified atom stereocenters. The van der Waals surface area contributed by atoms with Crippen LogP contribution in [0.5, 0.6) is 5.75 Å². The highest BCUT2D eigenvalue weighted by Crippen LogP contribution is 2.54. The quantitative estimate of drug-likeness (QED) is 0.248. The van der Waals surface area contributed by atoms with Gasteiger partial charge in [-0.1, -0.05) is 45.4 Å². The third-order valence-corrected chi connectivity index (χ3v) is 12.3. The van der Waals surface area contributed by atoms with E-state index in [0.29, 0.717) is 23.7 Å². The summed E-state index contributed by atoms with van der Waals surface area (Å²) in [5, 5.41) is 60.3. The number of allylic oxidation sites excluding steroid dienone is 4. The monoisotopic (exact) mass is 654 g/mol. The molecular formula is C32H34N2O9S2. The molecule has 1 aromatic carbocycles. The van der Waals surface area contributed by atoms with Crippen LogP contribution in [0, 0.1) is 17.3 Å². The summed E-state index contributed by atoms with van der Waals surface area (Å²) in [6, 6.07) is 8.18. The number of aromatic nitrogens is 1. The summed E-state index contributed by atoms with van der Waals surface area (Å²) in [5.74, 6) is -1.75. The van der Waals surface area contributed by atoms with E-state index in [9.17, 15) is 35.1 Å². The molecule has 2 aliphatic heterocycles. The molecular weight excluding hydrogens is 620 g/mol. The molecule has 1 spiro atoms. The fraction of sp³-hybridized carbons (Fsp3) is 0.469. The number of hydrogen-bond acceptors (Lipinski definition) is 13. The van der Waals surface area contributed by atoms with Crippen LogP contribution in [-0.2, 0) is 11.2 Å². The highest BCUT2D eigenvalue weighted by atomic mass is 33.1. The van der Waals surface area contributed by atoms with Crippen molar-refractivity contribution >= 4 is 39.0 Å². The van der Waals surface area contributed by atoms with Crippen LogP contribution >= 0.6 is 21.6 Å². The van der Waals surface area contributed by atoms with Crippen molar-refractivity contribution < 1.29 is 44.6 Å². The maximum atomic E-state index is 14.6. The minimum Gasteiger partial charge on any atom is -0.511 e. The van der Waals surface area contributed by atoms with Crippen LogP contribution in [0.2, 0.25) is 0 Å². The van der Waals surface area contributed by atoms with Gasteiger partial charge in [0.05, 0.1) is 24.0 Å². The number of nitrogens with one attached hydrogen (secondary N) is 1. The van der Waals surface area contributed by atoms with Crippen molar-refractivity contribution in [3.63, 3.8) is 0 Å². The summed E-state index contributed by atoms with van der Waals surface area (Å²) in [6.07, 6.45) is 0.532. The second-order valence-corrected chi connectivity index (χ2v) is 15.0. The topological polar surface area (TPSA) is 179 Å². The first-order chi connectivity index (χ1) is 21.5. The van der Waals surface area contributed by atoms with Crippen molar-refractivity contribution in [1.29, 1.82) is 0 Å². The van der Waals surface area contributed by atoms with Gasteiger partial charge in [-0.05, 0) is 61.9 Å². The van der Waals surface area contributed by atoms with Crippen molar-refractivity contribution in [3.05, 3.63) is 76.7 Å². The van der Waals surface area contributed by atoms with Crippen LogP contribution in [0.15, 0.2) is 60.0 Å². The van der Waals surface area contributed by atoms with E-state index in [1.807, 2.05) is 6.07 Å². The average Bonchev–Trinajstić information content (AvgIpc) is 3.02. The molecule has 3 heterocycles. The molecule has 6 N–H and O–H groups in total. The Morgan fingerprint density at radius 2 is 2.00 bits per heavy atom. The molecule has 45 heavy (non-hydrogen) atoms. The first kappa shape index (κ1) is 30.7. The smallest absolute Gasteiger partial charge is 0.229 e. The Hall–Kier alpha value is -2.91. The molecule has 3 aliphatic carbocycles. The van der Waals surface area contributed by atoms with Crippen LogP contribution in [0.1, 0.15) is 46.0 Å². The number of rotatable bonds is 1. The Labute approximate surface area is 267 Å². The van der Waals surface area contributed by atoms with Crippen LogP contribution in [0.25, 0.3) is 0 Å². The Bertz CT molecular complexity index is 1630. The van der Waals surface area contributed by atoms with Crippen molar-refractivity contribution in [3.8, 4) is 5.75 Å². The summed E-state index contributed by atoms with van der Waals surface area (Å²) in [6.45, 7) is 1.10. The number of Topliss-reactive ketones (excluding diaryl/α,β-unsaturated/α-hetero) is 2. The number of nitrogens with zero attached hydrogens (tertiary/aromatic N) is 1. The third kappa shape index (κ3) is 4.50. The number of pyridine rings is 1. The zero-order chi connectivity index (χ0) is 31.7. The van der Waals surface area contributed by atoms with Gasteiger partial charge >= 0.3 is 0 Å². The third-order valence-electron chi connectivity index (χ3n) is 10.1. The first-order valence-corrected chi connectivity index (χ1v) is 17.3. The van der Waals surface area contributed by atoms with Crippen molar-refractivity contribution in [1.82, 2.24) is 4.98 Å². The average molecular weight is 655 g/mol. The molecule has 1 saturated carbocycles. The number of hydrogen-bond donors (Lipinski definition) is 6. The number of fused-ring (bicyclic) bond motifs is 4. The van der Waals surface area contributed by atoms with Crippen LogP contribution in [-0.4, -0.2) is 90.0 Å². The van der Waals surface area contributed by atoms with E-state index < -0.39 is 59.3 Å². The van der Waals surface area contributed by atoms with E-state index in [-0.39, 0.29) is 47.0 Å². The lowest BCUT2D eigenvalue weighted by molar-refractivity contribution is -0.376. The van der Waals surface area contributed by atoms with E-state index in [4.69, 9.17) is 9.47 Å². The number of carbonyl (C=O) groups is 2. The number of aliphatic hydroxyl groups excluding tert-OH is 4. The highest BCUT2D eigenvalue weighted by molar-refractivity contribution is 8.76. The molecule has 1 saturated heterocycles. The lowest BCUT2D eigenvalue weighted by Crippen LogP contribution is -2.78. The number of ether oxygens (including phenoxy) is 2. The van der Waals surface area contributed by atoms with E-state index in [1.165, 1.54) is 39.8 Å². The van der Waals surface area contributed by atoms with Crippen LogP contribution < -0.4 is 10.1 Å². The molecule has 7 rings (SSSR count). The van der Waals surface area contributed by atoms with Gasteiger partial charge in [0.25, 0.3) is 0 Å². The molecule has 5 aliphatic rings. The van der Waals surface area contributed by atoms with Gasteiger partial charge in [0.15, 0.2) is 11.6 Å².